The number of aliphatic hydroxyl groups excluding tert-OH is 1. The zero-order chi connectivity index (χ0) is 25.1. The number of ether oxygens (including phenoxy) is 1. The van der Waals surface area contributed by atoms with E-state index < -0.39 is 6.10 Å². The molecule has 2 fully saturated rings. The third kappa shape index (κ3) is 5.05. The number of benzene rings is 2. The Labute approximate surface area is 210 Å². The molecule has 0 aliphatic carbocycles. The molecule has 8 nitrogen and oxygen atoms in total. The maximum Gasteiger partial charge on any atom is 0.273 e. The molecule has 0 bridgehead atoms. The molecule has 2 aliphatic rings. The van der Waals surface area contributed by atoms with E-state index in [0.29, 0.717) is 38.3 Å². The van der Waals surface area contributed by atoms with Crippen molar-refractivity contribution in [1.29, 1.82) is 0 Å². The van der Waals surface area contributed by atoms with Crippen LogP contribution in [-0.2, 0) is 11.3 Å². The van der Waals surface area contributed by atoms with Crippen molar-refractivity contribution in [2.24, 2.45) is 0 Å². The Hall–Kier alpha value is -3.49. The van der Waals surface area contributed by atoms with Crippen molar-refractivity contribution in [3.8, 4) is 5.75 Å². The number of fused-ring (bicyclic) bond motifs is 1. The van der Waals surface area contributed by atoms with Gasteiger partial charge in [0.1, 0.15) is 11.4 Å². The fourth-order valence-electron chi connectivity index (χ4n) is 5.43. The van der Waals surface area contributed by atoms with Crippen molar-refractivity contribution in [2.45, 2.75) is 44.0 Å². The first-order valence-electron chi connectivity index (χ1n) is 12.5. The van der Waals surface area contributed by atoms with Crippen molar-refractivity contribution in [1.82, 2.24) is 20.1 Å². The minimum absolute atomic E-state index is 0.0562. The Morgan fingerprint density at radius 2 is 1.92 bits per heavy atom. The minimum Gasteiger partial charge on any atom is -0.497 e. The van der Waals surface area contributed by atoms with Crippen LogP contribution in [0.1, 0.15) is 35.3 Å². The number of amides is 2. The van der Waals surface area contributed by atoms with Crippen LogP contribution < -0.4 is 10.1 Å². The summed E-state index contributed by atoms with van der Waals surface area (Å²) in [6.07, 6.45) is 3.08. The highest BCUT2D eigenvalue weighted by atomic mass is 16.5. The summed E-state index contributed by atoms with van der Waals surface area (Å²) in [7, 11) is 1.62. The lowest BCUT2D eigenvalue weighted by molar-refractivity contribution is -0.126. The molecule has 2 amide bonds. The molecule has 2 saturated heterocycles. The molecule has 0 spiro atoms. The summed E-state index contributed by atoms with van der Waals surface area (Å²) >= 11 is 0. The third-order valence-electron chi connectivity index (χ3n) is 7.32. The molecule has 188 valence electrons. The topological polar surface area (TPSA) is 95.0 Å². The van der Waals surface area contributed by atoms with E-state index in [1.54, 1.807) is 13.3 Å². The van der Waals surface area contributed by atoms with Crippen LogP contribution in [0.25, 0.3) is 10.8 Å². The molecule has 36 heavy (non-hydrogen) atoms. The average Bonchev–Trinajstić information content (AvgIpc) is 3.33. The normalized spacial score (nSPS) is 21.0. The summed E-state index contributed by atoms with van der Waals surface area (Å²) in [6, 6.07) is 17.1. The number of carbonyl (C=O) groups is 2. The smallest absolute Gasteiger partial charge is 0.273 e. The number of pyridine rings is 1. The Morgan fingerprint density at radius 1 is 1.11 bits per heavy atom. The SMILES string of the molecule is COc1cccc(CNC(=O)[C@@H]2C[C@@H](O)CN2C2CCN(C(=O)c3nccc4ccccc34)CC2)c1. The number of rotatable bonds is 6. The summed E-state index contributed by atoms with van der Waals surface area (Å²) in [5.74, 6) is 0.617. The number of piperidine rings is 1. The number of carbonyl (C=O) groups excluding carboxylic acids is 2. The van der Waals surface area contributed by atoms with Crippen molar-refractivity contribution in [3.63, 3.8) is 0 Å². The van der Waals surface area contributed by atoms with Gasteiger partial charge in [0.15, 0.2) is 0 Å². The maximum atomic E-state index is 13.3. The van der Waals surface area contributed by atoms with Gasteiger partial charge in [-0.1, -0.05) is 36.4 Å². The molecule has 3 heterocycles. The predicted octanol–water partition coefficient (Wildman–Crippen LogP) is 2.60. The van der Waals surface area contributed by atoms with E-state index in [0.717, 1.165) is 34.9 Å². The highest BCUT2D eigenvalue weighted by Gasteiger charge is 2.41. The van der Waals surface area contributed by atoms with Gasteiger partial charge in [0.25, 0.3) is 5.91 Å². The second-order valence-corrected chi connectivity index (χ2v) is 9.58. The summed E-state index contributed by atoms with van der Waals surface area (Å²) in [6.45, 7) is 2.07. The van der Waals surface area contributed by atoms with Crippen LogP contribution in [-0.4, -0.2) is 76.6 Å². The van der Waals surface area contributed by atoms with E-state index in [4.69, 9.17) is 4.74 Å². The lowest BCUT2D eigenvalue weighted by atomic mass is 10.0. The van der Waals surface area contributed by atoms with E-state index in [2.05, 4.69) is 15.2 Å². The van der Waals surface area contributed by atoms with Crippen LogP contribution in [0.15, 0.2) is 60.8 Å². The zero-order valence-electron chi connectivity index (χ0n) is 20.5. The molecule has 0 radical (unpaired) electrons. The average molecular weight is 489 g/mol. The molecule has 3 aromatic rings. The fourth-order valence-corrected chi connectivity index (χ4v) is 5.43. The molecule has 1 aromatic heterocycles. The maximum absolute atomic E-state index is 13.3. The summed E-state index contributed by atoms with van der Waals surface area (Å²) in [5.41, 5.74) is 1.44. The number of β-amino-alcohol motifs (C(OH)–C–C–N with tert-alkyl or cyclic N) is 1. The molecular weight excluding hydrogens is 456 g/mol. The van der Waals surface area contributed by atoms with Crippen LogP contribution in [0.2, 0.25) is 0 Å². The summed E-state index contributed by atoms with van der Waals surface area (Å²) in [5, 5.41) is 15.3. The molecule has 2 N–H and O–H groups in total. The van der Waals surface area contributed by atoms with Crippen LogP contribution in [0, 0.1) is 0 Å². The second kappa shape index (κ2) is 10.6. The Balaban J connectivity index is 1.20. The largest absolute Gasteiger partial charge is 0.497 e. The van der Waals surface area contributed by atoms with Gasteiger partial charge < -0.3 is 20.1 Å². The fraction of sp³-hybridized carbons (Fsp3) is 0.393. The van der Waals surface area contributed by atoms with Gasteiger partial charge in [-0.15, -0.1) is 0 Å². The number of hydrogen-bond donors (Lipinski definition) is 2. The molecule has 2 aliphatic heterocycles. The van der Waals surface area contributed by atoms with Crippen LogP contribution >= 0.6 is 0 Å². The van der Waals surface area contributed by atoms with Gasteiger partial charge in [0.2, 0.25) is 5.91 Å². The number of aliphatic hydroxyl groups is 1. The number of methoxy groups -OCH3 is 1. The number of nitrogens with zero attached hydrogens (tertiary/aromatic N) is 3. The highest BCUT2D eigenvalue weighted by molar-refractivity contribution is 6.05. The van der Waals surface area contributed by atoms with Gasteiger partial charge in [0.05, 0.1) is 19.3 Å². The first-order valence-corrected chi connectivity index (χ1v) is 12.5. The van der Waals surface area contributed by atoms with Gasteiger partial charge in [-0.25, -0.2) is 0 Å². The second-order valence-electron chi connectivity index (χ2n) is 9.58. The molecule has 0 saturated carbocycles. The van der Waals surface area contributed by atoms with Gasteiger partial charge in [0, 0.05) is 43.8 Å². The number of likely N-dealkylation sites (tertiary alicyclic amines) is 2. The Morgan fingerprint density at radius 3 is 2.72 bits per heavy atom. The predicted molar refractivity (Wildman–Crippen MR) is 137 cm³/mol. The zero-order valence-corrected chi connectivity index (χ0v) is 20.5. The lowest BCUT2D eigenvalue weighted by Crippen LogP contribution is -2.52. The highest BCUT2D eigenvalue weighted by Crippen LogP contribution is 2.28. The van der Waals surface area contributed by atoms with Crippen molar-refractivity contribution >= 4 is 22.6 Å². The van der Waals surface area contributed by atoms with Crippen molar-refractivity contribution in [2.75, 3.05) is 26.7 Å². The number of hydrogen-bond acceptors (Lipinski definition) is 6. The Bertz CT molecular complexity index is 1240. The molecule has 5 rings (SSSR count). The van der Waals surface area contributed by atoms with Gasteiger partial charge in [-0.3, -0.25) is 19.5 Å². The number of aromatic nitrogens is 1. The van der Waals surface area contributed by atoms with Gasteiger partial charge >= 0.3 is 0 Å². The van der Waals surface area contributed by atoms with Crippen molar-refractivity contribution in [3.05, 3.63) is 72.1 Å². The van der Waals surface area contributed by atoms with E-state index in [1.807, 2.05) is 59.5 Å². The Kier molecular flexibility index (Phi) is 7.16. The number of nitrogens with one attached hydrogen (secondary N) is 1. The van der Waals surface area contributed by atoms with Crippen LogP contribution in [0.4, 0.5) is 0 Å². The first-order chi connectivity index (χ1) is 17.5. The first kappa shape index (κ1) is 24.2. The molecule has 2 aromatic carbocycles. The molecule has 8 heteroatoms. The van der Waals surface area contributed by atoms with Crippen LogP contribution in [0.3, 0.4) is 0 Å². The van der Waals surface area contributed by atoms with E-state index in [1.165, 1.54) is 0 Å². The lowest BCUT2D eigenvalue weighted by Gasteiger charge is -2.38. The molecular formula is C28H32N4O4. The van der Waals surface area contributed by atoms with E-state index >= 15 is 0 Å². The summed E-state index contributed by atoms with van der Waals surface area (Å²) in [4.78, 5) is 34.7. The quantitative estimate of drug-likeness (QED) is 0.554. The monoisotopic (exact) mass is 488 g/mol. The van der Waals surface area contributed by atoms with E-state index in [-0.39, 0.29) is 23.9 Å². The third-order valence-corrected chi connectivity index (χ3v) is 7.32. The van der Waals surface area contributed by atoms with Gasteiger partial charge in [-0.2, -0.15) is 0 Å². The summed E-state index contributed by atoms with van der Waals surface area (Å²) < 4.78 is 5.26. The molecule has 2 atom stereocenters. The minimum atomic E-state index is -0.530. The molecule has 0 unspecified atom stereocenters. The standard InChI is InChI=1S/C28H32N4O4/c1-36-23-7-4-5-19(15-23)17-30-27(34)25-16-22(33)18-32(25)21-10-13-31(14-11-21)28(35)26-24-8-3-2-6-20(24)9-12-29-26/h2-9,12,15,21-22,25,33H,10-11,13-14,16-18H2,1H3,(H,30,34)/t22-,25+/m1/s1. The van der Waals surface area contributed by atoms with Gasteiger partial charge in [-0.05, 0) is 48.4 Å². The van der Waals surface area contributed by atoms with Crippen LogP contribution in [0.5, 0.6) is 5.75 Å². The van der Waals surface area contributed by atoms with E-state index in [9.17, 15) is 14.7 Å². The van der Waals surface area contributed by atoms with Crippen molar-refractivity contribution < 1.29 is 19.4 Å².